The molecule has 5 aromatic carbocycles. The molecule has 0 saturated heterocycles. The number of para-hydroxylation sites is 3. The number of carbonyl (C=O) groups is 2. The molecular weight excluding hydrogens is 675 g/mol. The molecule has 0 saturated carbocycles. The molecule has 1 heterocycles. The number of carboxylic acids is 1. The maximum atomic E-state index is 13.2. The predicted octanol–water partition coefficient (Wildman–Crippen LogP) is 9.40. The minimum atomic E-state index is -1.41. The lowest BCUT2D eigenvalue weighted by Gasteiger charge is -2.35. The van der Waals surface area contributed by atoms with E-state index in [1.165, 1.54) is 0 Å². The molecule has 6 rings (SSSR count). The number of aryl methyl sites for hydroxylation is 1. The van der Waals surface area contributed by atoms with Crippen LogP contribution < -0.4 is 19.7 Å². The smallest absolute Gasteiger partial charge is 0.323 e. The SMILES string of the molecule is CC(C)(C)O.Cc1ccc(-c2c(C)c3c(c(C)c2CC(=O)O)N(S(C)=O)Cc2cc(NC(=O)Nc4ccccc4Oc4ccccc4)ccc2-3)cc1. The van der Waals surface area contributed by atoms with Crippen molar-refractivity contribution in [1.82, 2.24) is 0 Å². The summed E-state index contributed by atoms with van der Waals surface area (Å²) in [6.45, 7) is 11.5. The summed E-state index contributed by atoms with van der Waals surface area (Å²) < 4.78 is 21.0. The Kier molecular flexibility index (Phi) is 11.5. The number of benzene rings is 5. The number of aliphatic carboxylic acids is 1. The first-order valence-corrected chi connectivity index (χ1v) is 18.4. The van der Waals surface area contributed by atoms with Crippen LogP contribution in [0.4, 0.5) is 21.9 Å². The van der Waals surface area contributed by atoms with Crippen molar-refractivity contribution < 1.29 is 28.7 Å². The van der Waals surface area contributed by atoms with Gasteiger partial charge in [-0.15, -0.1) is 0 Å². The molecule has 1 aliphatic heterocycles. The molecule has 0 fully saturated rings. The number of aliphatic hydroxyl groups is 1. The number of hydrogen-bond acceptors (Lipinski definition) is 5. The number of nitrogens with zero attached hydrogens (tertiary/aromatic N) is 1. The molecule has 4 N–H and O–H groups in total. The Labute approximate surface area is 307 Å². The van der Waals surface area contributed by atoms with Crippen molar-refractivity contribution in [1.29, 1.82) is 0 Å². The zero-order valence-corrected chi connectivity index (χ0v) is 31.4. The molecule has 10 heteroatoms. The molecule has 2 amide bonds. The lowest BCUT2D eigenvalue weighted by Crippen LogP contribution is -2.30. The van der Waals surface area contributed by atoms with E-state index in [1.807, 2.05) is 110 Å². The van der Waals surface area contributed by atoms with E-state index in [0.29, 0.717) is 35.0 Å². The van der Waals surface area contributed by atoms with Crippen LogP contribution in [0.1, 0.15) is 48.6 Å². The van der Waals surface area contributed by atoms with Gasteiger partial charge in [0.1, 0.15) is 16.7 Å². The van der Waals surface area contributed by atoms with Gasteiger partial charge >= 0.3 is 12.0 Å². The number of urea groups is 1. The summed E-state index contributed by atoms with van der Waals surface area (Å²) in [4.78, 5) is 25.3. The van der Waals surface area contributed by atoms with Crippen LogP contribution in [0.25, 0.3) is 22.3 Å². The van der Waals surface area contributed by atoms with Gasteiger partial charge in [-0.3, -0.25) is 9.10 Å². The van der Waals surface area contributed by atoms with E-state index in [0.717, 1.165) is 50.2 Å². The van der Waals surface area contributed by atoms with E-state index in [-0.39, 0.29) is 6.42 Å². The molecule has 0 spiro atoms. The Morgan fingerprint density at radius 2 is 1.48 bits per heavy atom. The number of fused-ring (bicyclic) bond motifs is 3. The van der Waals surface area contributed by atoms with E-state index in [4.69, 9.17) is 9.84 Å². The zero-order chi connectivity index (χ0) is 37.7. The average molecular weight is 720 g/mol. The summed E-state index contributed by atoms with van der Waals surface area (Å²) >= 11 is 0. The fourth-order valence-electron chi connectivity index (χ4n) is 6.23. The molecule has 9 nitrogen and oxygen atoms in total. The van der Waals surface area contributed by atoms with Gasteiger partial charge in [0.2, 0.25) is 0 Å². The van der Waals surface area contributed by atoms with Gasteiger partial charge < -0.3 is 25.6 Å². The highest BCUT2D eigenvalue weighted by Gasteiger charge is 2.32. The first kappa shape index (κ1) is 37.8. The molecule has 270 valence electrons. The van der Waals surface area contributed by atoms with Crippen LogP contribution in [-0.2, 0) is 28.7 Å². The summed E-state index contributed by atoms with van der Waals surface area (Å²) in [7, 11) is -1.41. The van der Waals surface area contributed by atoms with E-state index in [9.17, 15) is 18.9 Å². The van der Waals surface area contributed by atoms with Gasteiger partial charge in [0.25, 0.3) is 0 Å². The molecule has 0 bridgehead atoms. The summed E-state index contributed by atoms with van der Waals surface area (Å²) in [5.74, 6) is 0.236. The summed E-state index contributed by atoms with van der Waals surface area (Å²) in [6, 6.07) is 29.9. The molecule has 1 aliphatic rings. The van der Waals surface area contributed by atoms with Crippen LogP contribution in [0.5, 0.6) is 11.5 Å². The third kappa shape index (κ3) is 9.06. The maximum Gasteiger partial charge on any atom is 0.323 e. The van der Waals surface area contributed by atoms with Gasteiger partial charge in [-0.05, 0) is 117 Å². The maximum absolute atomic E-state index is 13.2. The second-order valence-electron chi connectivity index (χ2n) is 13.8. The van der Waals surface area contributed by atoms with Crippen LogP contribution in [0.15, 0.2) is 97.1 Å². The number of carbonyl (C=O) groups excluding carboxylic acids is 1. The monoisotopic (exact) mass is 719 g/mol. The molecule has 1 atom stereocenters. The second kappa shape index (κ2) is 15.8. The normalized spacial score (nSPS) is 12.4. The predicted molar refractivity (Wildman–Crippen MR) is 211 cm³/mol. The average Bonchev–Trinajstić information content (AvgIpc) is 3.07. The summed E-state index contributed by atoms with van der Waals surface area (Å²) in [6.07, 6.45) is 1.47. The first-order valence-electron chi connectivity index (χ1n) is 16.9. The fraction of sp³-hybridized carbons (Fsp3) is 0.238. The van der Waals surface area contributed by atoms with Crippen molar-refractivity contribution in [2.75, 3.05) is 21.2 Å². The van der Waals surface area contributed by atoms with Crippen molar-refractivity contribution >= 4 is 40.0 Å². The van der Waals surface area contributed by atoms with Crippen LogP contribution in [-0.4, -0.2) is 38.3 Å². The Morgan fingerprint density at radius 1 is 0.846 bits per heavy atom. The van der Waals surface area contributed by atoms with Crippen molar-refractivity contribution in [2.45, 2.75) is 60.1 Å². The number of carboxylic acid groups (broad SMARTS) is 1. The molecular formula is C42H45N3O6S. The molecule has 52 heavy (non-hydrogen) atoms. The van der Waals surface area contributed by atoms with E-state index in [1.54, 1.807) is 39.2 Å². The van der Waals surface area contributed by atoms with Gasteiger partial charge in [0.05, 0.1) is 29.9 Å². The van der Waals surface area contributed by atoms with E-state index >= 15 is 0 Å². The number of ether oxygens (including phenoxy) is 1. The molecule has 0 aliphatic carbocycles. The number of nitrogens with one attached hydrogen (secondary N) is 2. The van der Waals surface area contributed by atoms with Gasteiger partial charge in [-0.25, -0.2) is 9.00 Å². The highest BCUT2D eigenvalue weighted by Crippen LogP contribution is 2.49. The molecule has 0 radical (unpaired) electrons. The minimum absolute atomic E-state index is 0.155. The lowest BCUT2D eigenvalue weighted by atomic mass is 9.81. The Bertz CT molecular complexity index is 2120. The third-order valence-corrected chi connectivity index (χ3v) is 9.31. The second-order valence-corrected chi connectivity index (χ2v) is 15.0. The van der Waals surface area contributed by atoms with Crippen LogP contribution in [0.3, 0.4) is 0 Å². The Balaban J connectivity index is 0.000000979. The Hall–Kier alpha value is -5.45. The number of amides is 2. The molecule has 0 aromatic heterocycles. The third-order valence-electron chi connectivity index (χ3n) is 8.38. The van der Waals surface area contributed by atoms with Crippen LogP contribution >= 0.6 is 0 Å². The highest BCUT2D eigenvalue weighted by atomic mass is 32.2. The topological polar surface area (TPSA) is 128 Å². The number of hydrogen-bond donors (Lipinski definition) is 4. The fourth-order valence-corrected chi connectivity index (χ4v) is 7.04. The van der Waals surface area contributed by atoms with Gasteiger partial charge in [0, 0.05) is 17.5 Å². The lowest BCUT2D eigenvalue weighted by molar-refractivity contribution is -0.136. The number of rotatable bonds is 8. The molecule has 5 aromatic rings. The largest absolute Gasteiger partial charge is 0.481 e. The number of anilines is 3. The van der Waals surface area contributed by atoms with Gasteiger partial charge in [0.15, 0.2) is 5.75 Å². The first-order chi connectivity index (χ1) is 24.6. The zero-order valence-electron chi connectivity index (χ0n) is 30.5. The standard InChI is InChI=1S/C38H35N3O5S.C4H10O/c1-23-14-16-26(17-15-23)35-25(3)36-30-19-18-28(20-27(30)22-41(47(4)45)37(36)24(2)31(35)21-34(42)43)39-38(44)40-32-12-8-9-13-33(32)46-29-10-6-5-7-11-29;1-4(2,3)5/h5-20H,21-22H2,1-4H3,(H,42,43)(H2,39,40,44);5H,1-3H3. The van der Waals surface area contributed by atoms with Gasteiger partial charge in [-0.2, -0.15) is 0 Å². The van der Waals surface area contributed by atoms with Gasteiger partial charge in [-0.1, -0.05) is 66.2 Å². The van der Waals surface area contributed by atoms with Crippen molar-refractivity contribution in [3.05, 3.63) is 125 Å². The minimum Gasteiger partial charge on any atom is -0.481 e. The summed E-state index contributed by atoms with van der Waals surface area (Å²) in [5, 5.41) is 24.2. The van der Waals surface area contributed by atoms with Crippen LogP contribution in [0, 0.1) is 20.8 Å². The summed E-state index contributed by atoms with van der Waals surface area (Å²) in [5.41, 5.74) is 9.43. The van der Waals surface area contributed by atoms with Crippen molar-refractivity contribution in [3.63, 3.8) is 0 Å². The molecule has 1 unspecified atom stereocenters. The van der Waals surface area contributed by atoms with E-state index < -0.39 is 28.6 Å². The Morgan fingerprint density at radius 3 is 2.12 bits per heavy atom. The van der Waals surface area contributed by atoms with E-state index in [2.05, 4.69) is 10.6 Å². The van der Waals surface area contributed by atoms with Crippen molar-refractivity contribution in [3.8, 4) is 33.8 Å². The quantitative estimate of drug-likeness (QED) is 0.127. The van der Waals surface area contributed by atoms with Crippen molar-refractivity contribution in [2.24, 2.45) is 0 Å². The highest BCUT2D eigenvalue weighted by molar-refractivity contribution is 7.85. The van der Waals surface area contributed by atoms with Crippen LogP contribution in [0.2, 0.25) is 0 Å².